The van der Waals surface area contributed by atoms with Crippen LogP contribution in [-0.4, -0.2) is 60.6 Å². The largest absolute Gasteiger partial charge is 0.493 e. The van der Waals surface area contributed by atoms with Crippen LogP contribution in [0.4, 0.5) is 4.39 Å². The molecule has 0 aromatic heterocycles. The number of carbonyl (C=O) groups excluding carboxylic acids is 1. The van der Waals surface area contributed by atoms with Crippen LogP contribution in [0.1, 0.15) is 66.1 Å². The first kappa shape index (κ1) is 26.9. The van der Waals surface area contributed by atoms with E-state index in [1.807, 2.05) is 0 Å². The van der Waals surface area contributed by atoms with Crippen LogP contribution in [0.5, 0.6) is 5.75 Å². The van der Waals surface area contributed by atoms with Crippen molar-refractivity contribution in [3.05, 3.63) is 63.4 Å². The van der Waals surface area contributed by atoms with Gasteiger partial charge in [-0.1, -0.05) is 24.6 Å². The molecule has 196 valence electrons. The normalized spacial score (nSPS) is 21.7. The van der Waals surface area contributed by atoms with Crippen molar-refractivity contribution in [3.8, 4) is 5.75 Å². The Kier molecular flexibility index (Phi) is 8.91. The molecule has 1 N–H and O–H groups in total. The van der Waals surface area contributed by atoms with Crippen molar-refractivity contribution in [2.45, 2.75) is 77.5 Å². The number of piperidine rings is 1. The number of benzene rings is 2. The highest BCUT2D eigenvalue weighted by atomic mass is 35.5. The molecule has 2 unspecified atom stereocenters. The number of nitrogens with one attached hydrogen (secondary N) is 1. The zero-order valence-corrected chi connectivity index (χ0v) is 22.7. The molecule has 36 heavy (non-hydrogen) atoms. The molecule has 2 aromatic carbocycles. The minimum Gasteiger partial charge on any atom is -0.493 e. The lowest BCUT2D eigenvalue weighted by molar-refractivity contribution is 0.0827. The van der Waals surface area contributed by atoms with Crippen LogP contribution in [0.3, 0.4) is 0 Å². The van der Waals surface area contributed by atoms with E-state index in [1.54, 1.807) is 0 Å². The summed E-state index contributed by atoms with van der Waals surface area (Å²) in [6.07, 6.45) is 5.20. The molecule has 0 aliphatic carbocycles. The molecule has 2 bridgehead atoms. The topological polar surface area (TPSA) is 44.8 Å². The number of halogens is 2. The van der Waals surface area contributed by atoms with Gasteiger partial charge in [0.05, 0.1) is 11.6 Å². The second kappa shape index (κ2) is 11.9. The quantitative estimate of drug-likeness (QED) is 0.410. The van der Waals surface area contributed by atoms with E-state index in [1.165, 1.54) is 34.9 Å². The van der Waals surface area contributed by atoms with Gasteiger partial charge in [0.15, 0.2) is 0 Å². The van der Waals surface area contributed by atoms with Crippen LogP contribution in [-0.2, 0) is 6.54 Å². The fraction of sp³-hybridized carbons (Fsp3) is 0.552. The summed E-state index contributed by atoms with van der Waals surface area (Å²) in [4.78, 5) is 17.6. The van der Waals surface area contributed by atoms with Crippen LogP contribution < -0.4 is 10.1 Å². The van der Waals surface area contributed by atoms with Crippen molar-refractivity contribution in [1.82, 2.24) is 15.1 Å². The minimum atomic E-state index is -0.510. The zero-order valence-electron chi connectivity index (χ0n) is 21.9. The Morgan fingerprint density at radius 1 is 1.17 bits per heavy atom. The lowest BCUT2D eigenvalue weighted by Gasteiger charge is -2.39. The molecule has 5 nitrogen and oxygen atoms in total. The second-order valence-electron chi connectivity index (χ2n) is 10.4. The molecule has 2 aromatic rings. The molecule has 2 heterocycles. The molecule has 1 amide bonds. The van der Waals surface area contributed by atoms with Crippen LogP contribution in [0.25, 0.3) is 0 Å². The maximum absolute atomic E-state index is 13.5. The van der Waals surface area contributed by atoms with Gasteiger partial charge in [-0.2, -0.15) is 0 Å². The fourth-order valence-corrected chi connectivity index (χ4v) is 5.79. The van der Waals surface area contributed by atoms with E-state index >= 15 is 0 Å². The molecular formula is C29H39ClFN3O2. The standard InChI is InChI=1S/C29H39ClFN3O2/c1-5-33(4)13-6-14-36-28-12-8-22(19(2)20(28)3)18-34-24-9-10-25(34)17-23(16-24)32-29(35)21-7-11-27(31)26(30)15-21/h7-8,11-12,15,23-25H,5-6,9-10,13-14,16-18H2,1-4H3,(H,32,35). The van der Waals surface area contributed by atoms with Crippen molar-refractivity contribution in [2.24, 2.45) is 0 Å². The first-order valence-electron chi connectivity index (χ1n) is 13.2. The van der Waals surface area contributed by atoms with Gasteiger partial charge in [0.25, 0.3) is 5.91 Å². The summed E-state index contributed by atoms with van der Waals surface area (Å²) in [5.74, 6) is 0.295. The highest BCUT2D eigenvalue weighted by molar-refractivity contribution is 6.31. The third kappa shape index (κ3) is 6.21. The molecule has 0 radical (unpaired) electrons. The number of fused-ring (bicyclic) bond motifs is 2. The molecule has 0 saturated carbocycles. The van der Waals surface area contributed by atoms with Gasteiger partial charge in [0, 0.05) is 36.8 Å². The Hall–Kier alpha value is -2.15. The fourth-order valence-electron chi connectivity index (χ4n) is 5.61. The van der Waals surface area contributed by atoms with Crippen molar-refractivity contribution in [3.63, 3.8) is 0 Å². The molecule has 0 spiro atoms. The minimum absolute atomic E-state index is 0.0243. The maximum atomic E-state index is 13.5. The lowest BCUT2D eigenvalue weighted by Crippen LogP contribution is -2.50. The Morgan fingerprint density at radius 2 is 1.89 bits per heavy atom. The maximum Gasteiger partial charge on any atom is 0.251 e. The number of hydrogen-bond donors (Lipinski definition) is 1. The highest BCUT2D eigenvalue weighted by Crippen LogP contribution is 2.38. The number of carbonyl (C=O) groups is 1. The van der Waals surface area contributed by atoms with Gasteiger partial charge in [0.2, 0.25) is 0 Å². The van der Waals surface area contributed by atoms with E-state index in [0.29, 0.717) is 17.6 Å². The van der Waals surface area contributed by atoms with Gasteiger partial charge >= 0.3 is 0 Å². The number of rotatable bonds is 10. The van der Waals surface area contributed by atoms with Crippen molar-refractivity contribution in [1.29, 1.82) is 0 Å². The Bertz CT molecular complexity index is 1060. The summed E-state index contributed by atoms with van der Waals surface area (Å²) in [5.41, 5.74) is 4.29. The summed E-state index contributed by atoms with van der Waals surface area (Å²) < 4.78 is 19.6. The summed E-state index contributed by atoms with van der Waals surface area (Å²) in [6, 6.07) is 9.52. The second-order valence-corrected chi connectivity index (χ2v) is 10.8. The summed E-state index contributed by atoms with van der Waals surface area (Å²) in [6.45, 7) is 10.3. The summed E-state index contributed by atoms with van der Waals surface area (Å²) in [7, 11) is 2.13. The van der Waals surface area contributed by atoms with E-state index in [-0.39, 0.29) is 17.0 Å². The molecule has 2 fully saturated rings. The van der Waals surface area contributed by atoms with Gasteiger partial charge in [-0.25, -0.2) is 4.39 Å². The van der Waals surface area contributed by atoms with Crippen molar-refractivity contribution >= 4 is 17.5 Å². The van der Waals surface area contributed by atoms with E-state index < -0.39 is 5.82 Å². The van der Waals surface area contributed by atoms with Crippen LogP contribution >= 0.6 is 11.6 Å². The SMILES string of the molecule is CCN(C)CCCOc1ccc(CN2C3CCC2CC(NC(=O)c2ccc(F)c(Cl)c2)C3)c(C)c1C. The zero-order chi connectivity index (χ0) is 25.8. The number of hydrogen-bond acceptors (Lipinski definition) is 4. The Morgan fingerprint density at radius 3 is 2.56 bits per heavy atom. The third-order valence-corrected chi connectivity index (χ3v) is 8.38. The highest BCUT2D eigenvalue weighted by Gasteiger charge is 2.41. The van der Waals surface area contributed by atoms with Gasteiger partial charge in [-0.15, -0.1) is 0 Å². The lowest BCUT2D eigenvalue weighted by atomic mass is 9.94. The first-order chi connectivity index (χ1) is 17.3. The van der Waals surface area contributed by atoms with E-state index in [0.717, 1.165) is 64.1 Å². The third-order valence-electron chi connectivity index (χ3n) is 8.09. The molecule has 4 rings (SSSR count). The monoisotopic (exact) mass is 515 g/mol. The van der Waals surface area contributed by atoms with E-state index in [9.17, 15) is 9.18 Å². The van der Waals surface area contributed by atoms with Crippen molar-refractivity contribution < 1.29 is 13.9 Å². The Balaban J connectivity index is 1.33. The Labute approximate surface area is 219 Å². The average Bonchev–Trinajstić information content (AvgIpc) is 3.09. The molecule has 2 saturated heterocycles. The average molecular weight is 516 g/mol. The van der Waals surface area contributed by atoms with Gasteiger partial charge in [0.1, 0.15) is 11.6 Å². The molecule has 2 aliphatic rings. The predicted molar refractivity (Wildman–Crippen MR) is 143 cm³/mol. The molecule has 2 atom stereocenters. The number of nitrogens with zero attached hydrogens (tertiary/aromatic N) is 2. The summed E-state index contributed by atoms with van der Waals surface area (Å²) >= 11 is 5.86. The predicted octanol–water partition coefficient (Wildman–Crippen LogP) is 5.74. The smallest absolute Gasteiger partial charge is 0.251 e. The molecule has 2 aliphatic heterocycles. The van der Waals surface area contributed by atoms with E-state index in [4.69, 9.17) is 16.3 Å². The van der Waals surface area contributed by atoms with Crippen molar-refractivity contribution in [2.75, 3.05) is 26.7 Å². The molecular weight excluding hydrogens is 477 g/mol. The van der Waals surface area contributed by atoms with Gasteiger partial charge in [-0.05, 0) is 100 Å². The van der Waals surface area contributed by atoms with Crippen LogP contribution in [0.2, 0.25) is 5.02 Å². The van der Waals surface area contributed by atoms with Crippen LogP contribution in [0.15, 0.2) is 30.3 Å². The molecule has 7 heteroatoms. The van der Waals surface area contributed by atoms with Crippen LogP contribution in [0, 0.1) is 19.7 Å². The number of ether oxygens (including phenoxy) is 1. The number of amides is 1. The van der Waals surface area contributed by atoms with Gasteiger partial charge in [-0.3, -0.25) is 9.69 Å². The van der Waals surface area contributed by atoms with Gasteiger partial charge < -0.3 is 15.0 Å². The van der Waals surface area contributed by atoms with E-state index in [2.05, 4.69) is 55.1 Å². The summed E-state index contributed by atoms with van der Waals surface area (Å²) in [5, 5.41) is 3.14. The first-order valence-corrected chi connectivity index (χ1v) is 13.6.